The van der Waals surface area contributed by atoms with Crippen molar-refractivity contribution < 1.29 is 8.42 Å². The first kappa shape index (κ1) is 15.4. The third-order valence-electron chi connectivity index (χ3n) is 4.12. The predicted octanol–water partition coefficient (Wildman–Crippen LogP) is 1.79. The highest BCUT2D eigenvalue weighted by atomic mass is 32.2. The minimum absolute atomic E-state index is 0.00402. The summed E-state index contributed by atoms with van der Waals surface area (Å²) in [5.41, 5.74) is 6.14. The van der Waals surface area contributed by atoms with Gasteiger partial charge in [0.05, 0.1) is 5.69 Å². The van der Waals surface area contributed by atoms with E-state index in [2.05, 4.69) is 23.6 Å². The van der Waals surface area contributed by atoms with Crippen molar-refractivity contribution in [3.63, 3.8) is 0 Å². The zero-order valence-electron chi connectivity index (χ0n) is 12.1. The zero-order valence-corrected chi connectivity index (χ0v) is 12.9. The molecule has 0 aliphatic heterocycles. The lowest BCUT2D eigenvalue weighted by molar-refractivity contribution is 0.188. The Kier molecular flexibility index (Phi) is 4.46. The highest BCUT2D eigenvalue weighted by Gasteiger charge is 2.35. The summed E-state index contributed by atoms with van der Waals surface area (Å²) in [4.78, 5) is 4.25. The summed E-state index contributed by atoms with van der Waals surface area (Å²) in [6.07, 6.45) is 5.55. The molecule has 0 bridgehead atoms. The van der Waals surface area contributed by atoms with E-state index in [1.54, 1.807) is 12.1 Å². The molecule has 1 heterocycles. The number of hydrogen-bond donors (Lipinski definition) is 2. The first-order chi connectivity index (χ1) is 9.35. The standard InChI is InChI=1S/C14H23N3O2S/c1-14(2)8-4-3-5-13(14)17-20(18,19)12-7-6-11(9-15)16-10-12/h6-7,10,13,17H,3-5,8-9,15H2,1-2H3. The molecule has 2 rings (SSSR count). The van der Waals surface area contributed by atoms with Gasteiger partial charge in [-0.2, -0.15) is 0 Å². The average molecular weight is 297 g/mol. The molecule has 3 N–H and O–H groups in total. The van der Waals surface area contributed by atoms with E-state index in [0.717, 1.165) is 25.7 Å². The molecule has 112 valence electrons. The van der Waals surface area contributed by atoms with E-state index >= 15 is 0 Å². The summed E-state index contributed by atoms with van der Waals surface area (Å²) in [5.74, 6) is 0. The molecule has 1 aromatic heterocycles. The summed E-state index contributed by atoms with van der Waals surface area (Å²) in [7, 11) is -3.51. The Morgan fingerprint density at radius 1 is 1.40 bits per heavy atom. The normalized spacial score (nSPS) is 22.6. The van der Waals surface area contributed by atoms with Gasteiger partial charge in [-0.05, 0) is 30.4 Å². The van der Waals surface area contributed by atoms with Gasteiger partial charge in [-0.1, -0.05) is 26.7 Å². The first-order valence-corrected chi connectivity index (χ1v) is 8.51. The first-order valence-electron chi connectivity index (χ1n) is 7.02. The molecule has 0 aromatic carbocycles. The van der Waals surface area contributed by atoms with Crippen molar-refractivity contribution in [1.82, 2.24) is 9.71 Å². The third-order valence-corrected chi connectivity index (χ3v) is 5.58. The quantitative estimate of drug-likeness (QED) is 0.887. The van der Waals surface area contributed by atoms with Crippen molar-refractivity contribution in [2.45, 2.75) is 57.0 Å². The van der Waals surface area contributed by atoms with E-state index in [1.165, 1.54) is 6.20 Å². The van der Waals surface area contributed by atoms with Gasteiger partial charge in [0.1, 0.15) is 4.90 Å². The second kappa shape index (κ2) is 5.79. The fourth-order valence-corrected chi connectivity index (χ4v) is 4.04. The number of nitrogens with two attached hydrogens (primary N) is 1. The number of pyridine rings is 1. The van der Waals surface area contributed by atoms with Crippen molar-refractivity contribution in [1.29, 1.82) is 0 Å². The molecule has 0 radical (unpaired) electrons. The minimum Gasteiger partial charge on any atom is -0.325 e. The Morgan fingerprint density at radius 2 is 2.15 bits per heavy atom. The Morgan fingerprint density at radius 3 is 2.70 bits per heavy atom. The van der Waals surface area contributed by atoms with Gasteiger partial charge < -0.3 is 5.73 Å². The van der Waals surface area contributed by atoms with Crippen molar-refractivity contribution in [3.8, 4) is 0 Å². The maximum atomic E-state index is 12.4. The van der Waals surface area contributed by atoms with Gasteiger partial charge in [-0.25, -0.2) is 13.1 Å². The molecule has 1 aliphatic carbocycles. The molecule has 1 fully saturated rings. The second-order valence-corrected chi connectivity index (χ2v) is 7.81. The van der Waals surface area contributed by atoms with Gasteiger partial charge >= 0.3 is 0 Å². The number of nitrogens with one attached hydrogen (secondary N) is 1. The number of nitrogens with zero attached hydrogens (tertiary/aromatic N) is 1. The van der Waals surface area contributed by atoms with E-state index in [0.29, 0.717) is 12.2 Å². The van der Waals surface area contributed by atoms with Gasteiger partial charge in [-0.3, -0.25) is 4.98 Å². The maximum Gasteiger partial charge on any atom is 0.242 e. The van der Waals surface area contributed by atoms with Crippen LogP contribution in [0.4, 0.5) is 0 Å². The summed E-state index contributed by atoms with van der Waals surface area (Å²) < 4.78 is 27.7. The lowest BCUT2D eigenvalue weighted by Gasteiger charge is -2.38. The smallest absolute Gasteiger partial charge is 0.242 e. The number of rotatable bonds is 4. The Labute approximate surface area is 121 Å². The fraction of sp³-hybridized carbons (Fsp3) is 0.643. The van der Waals surface area contributed by atoms with E-state index in [-0.39, 0.29) is 16.4 Å². The highest BCUT2D eigenvalue weighted by Crippen LogP contribution is 2.36. The predicted molar refractivity (Wildman–Crippen MR) is 78.5 cm³/mol. The van der Waals surface area contributed by atoms with Crippen LogP contribution in [0.15, 0.2) is 23.2 Å². The van der Waals surface area contributed by atoms with E-state index in [9.17, 15) is 8.42 Å². The molecular formula is C14H23N3O2S. The van der Waals surface area contributed by atoms with Crippen LogP contribution < -0.4 is 10.5 Å². The Hall–Kier alpha value is -0.980. The Bertz CT molecular complexity index is 552. The summed E-state index contributed by atoms with van der Waals surface area (Å²) in [6.45, 7) is 4.55. The molecule has 1 saturated carbocycles. The monoisotopic (exact) mass is 297 g/mol. The molecule has 1 unspecified atom stereocenters. The van der Waals surface area contributed by atoms with Crippen LogP contribution in [-0.2, 0) is 16.6 Å². The molecule has 5 nitrogen and oxygen atoms in total. The van der Waals surface area contributed by atoms with E-state index in [1.807, 2.05) is 0 Å². The zero-order chi connectivity index (χ0) is 14.8. The lowest BCUT2D eigenvalue weighted by Crippen LogP contribution is -2.46. The molecule has 1 aromatic rings. The lowest BCUT2D eigenvalue weighted by atomic mass is 9.74. The average Bonchev–Trinajstić information content (AvgIpc) is 2.41. The van der Waals surface area contributed by atoms with Crippen LogP contribution in [0.1, 0.15) is 45.2 Å². The molecular weight excluding hydrogens is 274 g/mol. The van der Waals surface area contributed by atoms with Crippen LogP contribution in [0.5, 0.6) is 0 Å². The van der Waals surface area contributed by atoms with Crippen LogP contribution in [0.25, 0.3) is 0 Å². The van der Waals surface area contributed by atoms with Gasteiger partial charge in [0.25, 0.3) is 0 Å². The minimum atomic E-state index is -3.51. The highest BCUT2D eigenvalue weighted by molar-refractivity contribution is 7.89. The van der Waals surface area contributed by atoms with Gasteiger partial charge in [0.15, 0.2) is 0 Å². The number of hydrogen-bond acceptors (Lipinski definition) is 4. The summed E-state index contributed by atoms with van der Waals surface area (Å²) >= 11 is 0. The molecule has 1 atom stereocenters. The van der Waals surface area contributed by atoms with E-state index < -0.39 is 10.0 Å². The molecule has 0 amide bonds. The van der Waals surface area contributed by atoms with Crippen molar-refractivity contribution in [2.75, 3.05) is 0 Å². The molecule has 6 heteroatoms. The van der Waals surface area contributed by atoms with Gasteiger partial charge in [0, 0.05) is 18.8 Å². The van der Waals surface area contributed by atoms with Crippen LogP contribution in [0.3, 0.4) is 0 Å². The van der Waals surface area contributed by atoms with Crippen LogP contribution >= 0.6 is 0 Å². The van der Waals surface area contributed by atoms with Crippen LogP contribution in [0.2, 0.25) is 0 Å². The van der Waals surface area contributed by atoms with Crippen molar-refractivity contribution >= 4 is 10.0 Å². The summed E-state index contributed by atoms with van der Waals surface area (Å²) in [6, 6.07) is 3.20. The molecule has 1 aliphatic rings. The number of sulfonamides is 1. The van der Waals surface area contributed by atoms with Gasteiger partial charge in [-0.15, -0.1) is 0 Å². The van der Waals surface area contributed by atoms with Gasteiger partial charge in [0.2, 0.25) is 10.0 Å². The fourth-order valence-electron chi connectivity index (χ4n) is 2.66. The van der Waals surface area contributed by atoms with Crippen LogP contribution in [0, 0.1) is 5.41 Å². The van der Waals surface area contributed by atoms with E-state index in [4.69, 9.17) is 5.73 Å². The molecule has 0 saturated heterocycles. The SMILES string of the molecule is CC1(C)CCCCC1NS(=O)(=O)c1ccc(CN)nc1. The van der Waals surface area contributed by atoms with Crippen LogP contribution in [-0.4, -0.2) is 19.4 Å². The molecule has 0 spiro atoms. The number of aromatic nitrogens is 1. The van der Waals surface area contributed by atoms with Crippen molar-refractivity contribution in [2.24, 2.45) is 11.1 Å². The third kappa shape index (κ3) is 3.37. The molecule has 20 heavy (non-hydrogen) atoms. The topological polar surface area (TPSA) is 85.1 Å². The summed E-state index contributed by atoms with van der Waals surface area (Å²) in [5, 5.41) is 0. The maximum absolute atomic E-state index is 12.4. The Balaban J connectivity index is 2.17. The largest absolute Gasteiger partial charge is 0.325 e. The van der Waals surface area contributed by atoms with Crippen molar-refractivity contribution in [3.05, 3.63) is 24.0 Å². The second-order valence-electron chi connectivity index (χ2n) is 6.10.